The standard InChI is InChI=1S/C26H30N6/c1-17-20(14-27)7-5-8-22(17)18(2)28-25-24-13-21(9-10-23(24)19(3)29-30-25)32-15-26(16-32)11-6-12-31(26)4/h5,7-10,13,18H,6,11-12,15-16H2,1-4H3,(H,28,30). The number of hydrogen-bond acceptors (Lipinski definition) is 6. The predicted molar refractivity (Wildman–Crippen MR) is 129 cm³/mol. The highest BCUT2D eigenvalue weighted by Gasteiger charge is 2.48. The second kappa shape index (κ2) is 7.75. The summed E-state index contributed by atoms with van der Waals surface area (Å²) in [5, 5.41) is 24.1. The predicted octanol–water partition coefficient (Wildman–Crippen LogP) is 4.58. The van der Waals surface area contributed by atoms with E-state index in [1.807, 2.05) is 26.0 Å². The number of benzene rings is 2. The molecule has 2 aliphatic rings. The molecule has 3 heterocycles. The van der Waals surface area contributed by atoms with Crippen molar-refractivity contribution >= 4 is 22.3 Å². The van der Waals surface area contributed by atoms with Crippen molar-refractivity contribution in [3.63, 3.8) is 0 Å². The zero-order chi connectivity index (χ0) is 22.5. The highest BCUT2D eigenvalue weighted by atomic mass is 15.4. The van der Waals surface area contributed by atoms with Gasteiger partial charge in [-0.2, -0.15) is 10.4 Å². The van der Waals surface area contributed by atoms with Gasteiger partial charge in [0.2, 0.25) is 0 Å². The molecule has 2 aliphatic heterocycles. The first kappa shape index (κ1) is 20.7. The van der Waals surface area contributed by atoms with Crippen molar-refractivity contribution in [2.45, 2.75) is 45.2 Å². The van der Waals surface area contributed by atoms with E-state index in [0.717, 1.165) is 46.5 Å². The van der Waals surface area contributed by atoms with E-state index in [9.17, 15) is 5.26 Å². The normalized spacial score (nSPS) is 18.5. The van der Waals surface area contributed by atoms with E-state index < -0.39 is 0 Å². The Labute approximate surface area is 189 Å². The minimum atomic E-state index is 0.00609. The van der Waals surface area contributed by atoms with E-state index in [2.05, 4.69) is 69.6 Å². The Morgan fingerprint density at radius 3 is 2.66 bits per heavy atom. The molecular formula is C26H30N6. The lowest BCUT2D eigenvalue weighted by Gasteiger charge is -2.53. The average Bonchev–Trinajstić information content (AvgIpc) is 3.16. The molecule has 2 aromatic carbocycles. The summed E-state index contributed by atoms with van der Waals surface area (Å²) >= 11 is 0. The summed E-state index contributed by atoms with van der Waals surface area (Å²) in [5.74, 6) is 0.787. The number of likely N-dealkylation sites (tertiary alicyclic amines) is 1. The molecule has 5 rings (SSSR count). The van der Waals surface area contributed by atoms with Crippen LogP contribution in [0.4, 0.5) is 11.5 Å². The van der Waals surface area contributed by atoms with Crippen molar-refractivity contribution < 1.29 is 0 Å². The van der Waals surface area contributed by atoms with Crippen molar-refractivity contribution in [1.82, 2.24) is 15.1 Å². The lowest BCUT2D eigenvalue weighted by Crippen LogP contribution is -2.67. The summed E-state index contributed by atoms with van der Waals surface area (Å²) < 4.78 is 0. The first-order valence-electron chi connectivity index (χ1n) is 11.4. The Balaban J connectivity index is 1.45. The van der Waals surface area contributed by atoms with Crippen LogP contribution in [-0.4, -0.2) is 47.3 Å². The maximum absolute atomic E-state index is 9.39. The molecule has 0 amide bonds. The van der Waals surface area contributed by atoms with E-state index in [-0.39, 0.29) is 6.04 Å². The van der Waals surface area contributed by atoms with Gasteiger partial charge in [0.25, 0.3) is 0 Å². The zero-order valence-corrected chi connectivity index (χ0v) is 19.3. The van der Waals surface area contributed by atoms with Crippen molar-refractivity contribution in [2.75, 3.05) is 36.9 Å². The van der Waals surface area contributed by atoms with Gasteiger partial charge in [-0.05, 0) is 76.5 Å². The van der Waals surface area contributed by atoms with Gasteiger partial charge < -0.3 is 10.2 Å². The number of nitrogens with one attached hydrogen (secondary N) is 1. The van der Waals surface area contributed by atoms with Crippen LogP contribution in [0.3, 0.4) is 0 Å². The largest absolute Gasteiger partial charge is 0.368 e. The molecule has 2 fully saturated rings. The smallest absolute Gasteiger partial charge is 0.157 e. The van der Waals surface area contributed by atoms with E-state index in [0.29, 0.717) is 11.1 Å². The summed E-state index contributed by atoms with van der Waals surface area (Å²) in [6.45, 7) is 9.50. The number of likely N-dealkylation sites (N-methyl/N-ethyl adjacent to an activating group) is 1. The Morgan fingerprint density at radius 2 is 1.94 bits per heavy atom. The quantitative estimate of drug-likeness (QED) is 0.659. The van der Waals surface area contributed by atoms with Crippen molar-refractivity contribution in [3.8, 4) is 6.07 Å². The number of hydrogen-bond donors (Lipinski definition) is 1. The highest BCUT2D eigenvalue weighted by Crippen LogP contribution is 2.40. The Kier molecular flexibility index (Phi) is 5.02. The molecule has 164 valence electrons. The van der Waals surface area contributed by atoms with Gasteiger partial charge in [-0.25, -0.2) is 0 Å². The molecule has 3 aromatic rings. The molecule has 6 heteroatoms. The Morgan fingerprint density at radius 1 is 1.12 bits per heavy atom. The van der Waals surface area contributed by atoms with Crippen molar-refractivity contribution in [1.29, 1.82) is 5.26 Å². The van der Waals surface area contributed by atoms with Crippen LogP contribution in [0.2, 0.25) is 0 Å². The molecule has 1 aromatic heterocycles. The minimum Gasteiger partial charge on any atom is -0.368 e. The number of nitriles is 1. The summed E-state index contributed by atoms with van der Waals surface area (Å²) in [4.78, 5) is 5.01. The van der Waals surface area contributed by atoms with Crippen LogP contribution in [0, 0.1) is 25.2 Å². The molecule has 0 saturated carbocycles. The van der Waals surface area contributed by atoms with Crippen LogP contribution < -0.4 is 10.2 Å². The van der Waals surface area contributed by atoms with Gasteiger partial charge in [0.05, 0.1) is 28.9 Å². The fourth-order valence-electron chi connectivity index (χ4n) is 5.43. The molecular weight excluding hydrogens is 396 g/mol. The van der Waals surface area contributed by atoms with Crippen molar-refractivity contribution in [2.24, 2.45) is 0 Å². The summed E-state index contributed by atoms with van der Waals surface area (Å²) in [6, 6.07) is 14.8. The SMILES string of the molecule is Cc1c(C#N)cccc1C(C)Nc1nnc(C)c2ccc(N3CC4(CCCN4C)C3)cc12. The van der Waals surface area contributed by atoms with Gasteiger partial charge in [0.1, 0.15) is 0 Å². The van der Waals surface area contributed by atoms with Crippen molar-refractivity contribution in [3.05, 3.63) is 58.8 Å². The maximum Gasteiger partial charge on any atom is 0.157 e. The Bertz CT molecular complexity index is 1220. The van der Waals surface area contributed by atoms with E-state index in [4.69, 9.17) is 0 Å². The van der Waals surface area contributed by atoms with Crippen LogP contribution in [-0.2, 0) is 0 Å². The Hall–Kier alpha value is -3.17. The third-order valence-corrected chi connectivity index (χ3v) is 7.54. The summed E-state index contributed by atoms with van der Waals surface area (Å²) in [5.41, 5.74) is 5.36. The lowest BCUT2D eigenvalue weighted by atomic mass is 9.86. The van der Waals surface area contributed by atoms with Crippen LogP contribution >= 0.6 is 0 Å². The number of anilines is 2. The molecule has 0 radical (unpaired) electrons. The summed E-state index contributed by atoms with van der Waals surface area (Å²) in [6.07, 6.45) is 2.60. The second-order valence-corrected chi connectivity index (χ2v) is 9.47. The monoisotopic (exact) mass is 426 g/mol. The minimum absolute atomic E-state index is 0.00609. The van der Waals surface area contributed by atoms with Gasteiger partial charge in [-0.15, -0.1) is 5.10 Å². The number of rotatable bonds is 4. The topological polar surface area (TPSA) is 68.1 Å². The molecule has 1 N–H and O–H groups in total. The highest BCUT2D eigenvalue weighted by molar-refractivity contribution is 5.95. The zero-order valence-electron chi connectivity index (χ0n) is 19.3. The fraction of sp³-hybridized carbons (Fsp3) is 0.423. The van der Waals surface area contributed by atoms with E-state index in [1.165, 1.54) is 25.1 Å². The fourth-order valence-corrected chi connectivity index (χ4v) is 5.43. The number of aryl methyl sites for hydroxylation is 1. The third-order valence-electron chi connectivity index (χ3n) is 7.54. The molecule has 2 saturated heterocycles. The number of aromatic nitrogens is 2. The van der Waals surface area contributed by atoms with Crippen LogP contribution in [0.25, 0.3) is 10.8 Å². The van der Waals surface area contributed by atoms with Crippen LogP contribution in [0.15, 0.2) is 36.4 Å². The third kappa shape index (κ3) is 3.28. The number of fused-ring (bicyclic) bond motifs is 1. The first-order chi connectivity index (χ1) is 15.4. The molecule has 1 atom stereocenters. The van der Waals surface area contributed by atoms with Gasteiger partial charge in [-0.1, -0.05) is 18.2 Å². The van der Waals surface area contributed by atoms with E-state index in [1.54, 1.807) is 0 Å². The van der Waals surface area contributed by atoms with Gasteiger partial charge in [0, 0.05) is 29.5 Å². The van der Waals surface area contributed by atoms with Gasteiger partial charge in [-0.3, -0.25) is 4.90 Å². The van der Waals surface area contributed by atoms with Crippen LogP contribution in [0.1, 0.15) is 48.2 Å². The molecule has 1 spiro atoms. The molecule has 6 nitrogen and oxygen atoms in total. The maximum atomic E-state index is 9.39. The van der Waals surface area contributed by atoms with Crippen LogP contribution in [0.5, 0.6) is 0 Å². The first-order valence-corrected chi connectivity index (χ1v) is 11.4. The molecule has 32 heavy (non-hydrogen) atoms. The van der Waals surface area contributed by atoms with Gasteiger partial charge >= 0.3 is 0 Å². The summed E-state index contributed by atoms with van der Waals surface area (Å²) in [7, 11) is 2.26. The lowest BCUT2D eigenvalue weighted by molar-refractivity contribution is 0.133. The average molecular weight is 427 g/mol. The van der Waals surface area contributed by atoms with Gasteiger partial charge in [0.15, 0.2) is 5.82 Å². The molecule has 1 unspecified atom stereocenters. The van der Waals surface area contributed by atoms with E-state index >= 15 is 0 Å². The number of nitrogens with zero attached hydrogens (tertiary/aromatic N) is 5. The second-order valence-electron chi connectivity index (χ2n) is 9.47. The molecule has 0 bridgehead atoms. The molecule has 0 aliphatic carbocycles.